The highest BCUT2D eigenvalue weighted by Gasteiger charge is 2.16. The van der Waals surface area contributed by atoms with E-state index in [2.05, 4.69) is 19.2 Å². The average molecular weight is 354 g/mol. The van der Waals surface area contributed by atoms with E-state index >= 15 is 0 Å². The molecule has 0 saturated carbocycles. The molecule has 2 amide bonds. The Labute approximate surface area is 154 Å². The van der Waals surface area contributed by atoms with Crippen LogP contribution < -0.4 is 15.8 Å². The molecule has 0 heterocycles. The van der Waals surface area contributed by atoms with Gasteiger partial charge >= 0.3 is 0 Å². The number of carbonyl (C=O) groups excluding carboxylic acids is 2. The molecule has 2 aromatic rings. The van der Waals surface area contributed by atoms with Crippen molar-refractivity contribution < 1.29 is 14.3 Å². The molecule has 0 aliphatic carbocycles. The second kappa shape index (κ2) is 9.61. The van der Waals surface area contributed by atoms with E-state index in [4.69, 9.17) is 10.5 Å². The third-order valence-electron chi connectivity index (χ3n) is 3.92. The van der Waals surface area contributed by atoms with Crippen molar-refractivity contribution in [2.75, 3.05) is 6.61 Å². The summed E-state index contributed by atoms with van der Waals surface area (Å²) < 4.78 is 5.54. The van der Waals surface area contributed by atoms with Crippen LogP contribution in [0.5, 0.6) is 5.75 Å². The van der Waals surface area contributed by atoms with E-state index in [1.807, 2.05) is 30.3 Å². The minimum absolute atomic E-state index is 0.0368. The van der Waals surface area contributed by atoms with Crippen LogP contribution in [0.4, 0.5) is 0 Å². The maximum absolute atomic E-state index is 12.3. The van der Waals surface area contributed by atoms with Gasteiger partial charge in [0.25, 0.3) is 5.91 Å². The topological polar surface area (TPSA) is 81.4 Å². The van der Waals surface area contributed by atoms with Gasteiger partial charge in [-0.25, -0.2) is 0 Å². The number of rotatable bonds is 9. The highest BCUT2D eigenvalue weighted by atomic mass is 16.5. The average Bonchev–Trinajstić information content (AvgIpc) is 2.60. The lowest BCUT2D eigenvalue weighted by Gasteiger charge is -2.21. The van der Waals surface area contributed by atoms with Gasteiger partial charge < -0.3 is 15.8 Å². The maximum atomic E-state index is 12.3. The van der Waals surface area contributed by atoms with E-state index in [0.717, 1.165) is 17.5 Å². The standard InChI is InChI=1S/C21H26N2O3/c1-15(2)12-19(17-6-4-3-5-7-17)23-21(25)14-26-18-10-8-16(9-11-18)13-20(22)24/h3-11,15,19H,12-14H2,1-2H3,(H2,22,24)(H,23,25). The monoisotopic (exact) mass is 354 g/mol. The molecule has 5 nitrogen and oxygen atoms in total. The zero-order chi connectivity index (χ0) is 18.9. The van der Waals surface area contributed by atoms with Gasteiger partial charge in [-0.1, -0.05) is 56.3 Å². The second-order valence-electron chi connectivity index (χ2n) is 6.74. The van der Waals surface area contributed by atoms with Crippen LogP contribution in [-0.2, 0) is 16.0 Å². The summed E-state index contributed by atoms with van der Waals surface area (Å²) in [4.78, 5) is 23.2. The van der Waals surface area contributed by atoms with Crippen LogP contribution in [0.25, 0.3) is 0 Å². The fraction of sp³-hybridized carbons (Fsp3) is 0.333. The smallest absolute Gasteiger partial charge is 0.258 e. The Morgan fingerprint density at radius 3 is 2.27 bits per heavy atom. The molecule has 1 unspecified atom stereocenters. The molecule has 2 aromatic carbocycles. The van der Waals surface area contributed by atoms with Gasteiger partial charge in [0.1, 0.15) is 5.75 Å². The Kier molecular flexibility index (Phi) is 7.21. The molecule has 0 bridgehead atoms. The van der Waals surface area contributed by atoms with Crippen molar-refractivity contribution in [3.05, 3.63) is 65.7 Å². The summed E-state index contributed by atoms with van der Waals surface area (Å²) in [5, 5.41) is 3.05. The predicted octanol–water partition coefficient (Wildman–Crippen LogP) is 3.00. The van der Waals surface area contributed by atoms with Crippen molar-refractivity contribution in [3.8, 4) is 5.75 Å². The summed E-state index contributed by atoms with van der Waals surface area (Å²) in [7, 11) is 0. The maximum Gasteiger partial charge on any atom is 0.258 e. The van der Waals surface area contributed by atoms with Gasteiger partial charge in [0.2, 0.25) is 5.91 Å². The van der Waals surface area contributed by atoms with Crippen LogP contribution >= 0.6 is 0 Å². The van der Waals surface area contributed by atoms with Crippen molar-refractivity contribution in [2.24, 2.45) is 11.7 Å². The van der Waals surface area contributed by atoms with Crippen molar-refractivity contribution in [1.29, 1.82) is 0 Å². The minimum atomic E-state index is -0.379. The van der Waals surface area contributed by atoms with Crippen LogP contribution in [-0.4, -0.2) is 18.4 Å². The summed E-state index contributed by atoms with van der Waals surface area (Å²) in [6.07, 6.45) is 1.05. The first kappa shape index (κ1) is 19.5. The lowest BCUT2D eigenvalue weighted by atomic mass is 9.97. The summed E-state index contributed by atoms with van der Waals surface area (Å²) in [6.45, 7) is 4.20. The number of nitrogens with two attached hydrogens (primary N) is 1. The van der Waals surface area contributed by atoms with Crippen LogP contribution in [0, 0.1) is 5.92 Å². The van der Waals surface area contributed by atoms with E-state index in [9.17, 15) is 9.59 Å². The molecular weight excluding hydrogens is 328 g/mol. The fourth-order valence-electron chi connectivity index (χ4n) is 2.72. The summed E-state index contributed by atoms with van der Waals surface area (Å²) in [5.41, 5.74) is 7.07. The van der Waals surface area contributed by atoms with Gasteiger partial charge in [-0.2, -0.15) is 0 Å². The normalized spacial score (nSPS) is 11.8. The molecule has 0 saturated heterocycles. The molecule has 26 heavy (non-hydrogen) atoms. The van der Waals surface area contributed by atoms with Gasteiger partial charge in [0, 0.05) is 0 Å². The largest absolute Gasteiger partial charge is 0.484 e. The Bertz CT molecular complexity index is 712. The van der Waals surface area contributed by atoms with Crippen LogP contribution in [0.3, 0.4) is 0 Å². The van der Waals surface area contributed by atoms with E-state index in [1.54, 1.807) is 24.3 Å². The molecule has 3 N–H and O–H groups in total. The van der Waals surface area contributed by atoms with E-state index in [0.29, 0.717) is 11.7 Å². The number of amides is 2. The second-order valence-corrected chi connectivity index (χ2v) is 6.74. The number of hydrogen-bond donors (Lipinski definition) is 2. The van der Waals surface area contributed by atoms with Crippen LogP contribution in [0.2, 0.25) is 0 Å². The van der Waals surface area contributed by atoms with Crippen LogP contribution in [0.15, 0.2) is 54.6 Å². The zero-order valence-electron chi connectivity index (χ0n) is 15.3. The van der Waals surface area contributed by atoms with Gasteiger partial charge in [-0.15, -0.1) is 0 Å². The minimum Gasteiger partial charge on any atom is -0.484 e. The Morgan fingerprint density at radius 2 is 1.69 bits per heavy atom. The molecule has 0 spiro atoms. The lowest BCUT2D eigenvalue weighted by molar-refractivity contribution is -0.124. The molecule has 2 rings (SSSR count). The van der Waals surface area contributed by atoms with Crippen molar-refractivity contribution in [2.45, 2.75) is 32.7 Å². The predicted molar refractivity (Wildman–Crippen MR) is 102 cm³/mol. The highest BCUT2D eigenvalue weighted by molar-refractivity contribution is 5.78. The number of nitrogens with one attached hydrogen (secondary N) is 1. The summed E-state index contributed by atoms with van der Waals surface area (Å²) in [6, 6.07) is 16.9. The highest BCUT2D eigenvalue weighted by Crippen LogP contribution is 2.21. The van der Waals surface area contributed by atoms with Crippen molar-refractivity contribution in [3.63, 3.8) is 0 Å². The SMILES string of the molecule is CC(C)CC(NC(=O)COc1ccc(CC(N)=O)cc1)c1ccccc1. The molecule has 0 fully saturated rings. The molecule has 0 aliphatic heterocycles. The number of carbonyl (C=O) groups is 2. The molecule has 138 valence electrons. The molecule has 0 radical (unpaired) electrons. The molecular formula is C21H26N2O3. The Hall–Kier alpha value is -2.82. The molecule has 0 aliphatic rings. The lowest BCUT2D eigenvalue weighted by Crippen LogP contribution is -2.33. The summed E-state index contributed by atoms with van der Waals surface area (Å²) in [5.74, 6) is 0.489. The quantitative estimate of drug-likeness (QED) is 0.726. The van der Waals surface area contributed by atoms with Crippen molar-refractivity contribution in [1.82, 2.24) is 5.32 Å². The van der Waals surface area contributed by atoms with Crippen molar-refractivity contribution >= 4 is 11.8 Å². The van der Waals surface area contributed by atoms with Gasteiger partial charge in [0.05, 0.1) is 12.5 Å². The van der Waals surface area contributed by atoms with E-state index in [-0.39, 0.29) is 30.9 Å². The fourth-order valence-corrected chi connectivity index (χ4v) is 2.72. The Balaban J connectivity index is 1.90. The molecule has 0 aromatic heterocycles. The number of primary amides is 1. The van der Waals surface area contributed by atoms with Gasteiger partial charge in [-0.05, 0) is 35.6 Å². The third-order valence-corrected chi connectivity index (χ3v) is 3.92. The zero-order valence-corrected chi connectivity index (χ0v) is 15.3. The van der Waals surface area contributed by atoms with Gasteiger partial charge in [0.15, 0.2) is 6.61 Å². The first-order valence-corrected chi connectivity index (χ1v) is 8.78. The van der Waals surface area contributed by atoms with Gasteiger partial charge in [-0.3, -0.25) is 9.59 Å². The number of benzene rings is 2. The number of ether oxygens (including phenoxy) is 1. The third kappa shape index (κ3) is 6.59. The Morgan fingerprint density at radius 1 is 1.04 bits per heavy atom. The molecule has 1 atom stereocenters. The van der Waals surface area contributed by atoms with E-state index < -0.39 is 0 Å². The number of hydrogen-bond acceptors (Lipinski definition) is 3. The first-order valence-electron chi connectivity index (χ1n) is 8.78. The van der Waals surface area contributed by atoms with E-state index in [1.165, 1.54) is 0 Å². The summed E-state index contributed by atoms with van der Waals surface area (Å²) >= 11 is 0. The first-order chi connectivity index (χ1) is 12.4. The van der Waals surface area contributed by atoms with Crippen LogP contribution in [0.1, 0.15) is 37.4 Å². The molecule has 5 heteroatoms.